The van der Waals surface area contributed by atoms with E-state index in [-0.39, 0.29) is 24.1 Å². The number of piperidine rings is 2. The number of hydrogen-bond acceptors (Lipinski definition) is 4. The third-order valence-corrected chi connectivity index (χ3v) is 6.85. The standard InChI is InChI=1S/C25H27N3O3/c29-23-9-8-22(24(30)26-23)28-16-20-14-17(6-7-21(20)25(28)31)15-27-12-10-19(11-13-27)18-4-2-1-3-5-18/h1-7,14,19,22H,8-13,15-16H2,(H,26,29,30). The molecule has 1 N–H and O–H groups in total. The van der Waals surface area contributed by atoms with E-state index in [9.17, 15) is 14.4 Å². The van der Waals surface area contributed by atoms with Crippen molar-refractivity contribution in [1.82, 2.24) is 15.1 Å². The summed E-state index contributed by atoms with van der Waals surface area (Å²) < 4.78 is 0. The molecule has 0 spiro atoms. The van der Waals surface area contributed by atoms with Gasteiger partial charge in [0, 0.05) is 25.1 Å². The Labute approximate surface area is 182 Å². The fraction of sp³-hybridized carbons (Fsp3) is 0.400. The van der Waals surface area contributed by atoms with Gasteiger partial charge in [-0.1, -0.05) is 42.5 Å². The molecule has 0 aliphatic carbocycles. The number of hydrogen-bond donors (Lipinski definition) is 1. The van der Waals surface area contributed by atoms with Crippen LogP contribution in [-0.2, 0) is 22.7 Å². The summed E-state index contributed by atoms with van der Waals surface area (Å²) in [4.78, 5) is 40.6. The smallest absolute Gasteiger partial charge is 0.255 e. The quantitative estimate of drug-likeness (QED) is 0.777. The van der Waals surface area contributed by atoms with Crippen molar-refractivity contribution in [3.05, 3.63) is 70.8 Å². The minimum Gasteiger partial charge on any atom is -0.322 e. The second kappa shape index (κ2) is 8.27. The first-order valence-electron chi connectivity index (χ1n) is 11.1. The molecule has 2 saturated heterocycles. The summed E-state index contributed by atoms with van der Waals surface area (Å²) >= 11 is 0. The molecule has 5 rings (SSSR count). The molecule has 1 atom stereocenters. The summed E-state index contributed by atoms with van der Waals surface area (Å²) in [5.74, 6) is -0.0976. The van der Waals surface area contributed by atoms with Crippen molar-refractivity contribution in [2.75, 3.05) is 13.1 Å². The lowest BCUT2D eigenvalue weighted by atomic mass is 9.89. The van der Waals surface area contributed by atoms with Gasteiger partial charge in [-0.2, -0.15) is 0 Å². The third-order valence-electron chi connectivity index (χ3n) is 6.85. The zero-order valence-corrected chi connectivity index (χ0v) is 17.5. The van der Waals surface area contributed by atoms with Gasteiger partial charge >= 0.3 is 0 Å². The molecule has 2 fully saturated rings. The molecule has 160 valence electrons. The van der Waals surface area contributed by atoms with Crippen LogP contribution in [0.3, 0.4) is 0 Å². The van der Waals surface area contributed by atoms with Crippen molar-refractivity contribution in [3.8, 4) is 0 Å². The number of likely N-dealkylation sites (tertiary alicyclic amines) is 1. The predicted molar refractivity (Wildman–Crippen MR) is 116 cm³/mol. The minimum absolute atomic E-state index is 0.111. The number of carbonyl (C=O) groups excluding carboxylic acids is 3. The van der Waals surface area contributed by atoms with E-state index in [4.69, 9.17) is 0 Å². The normalized spacial score (nSPS) is 22.5. The Hall–Kier alpha value is -2.99. The van der Waals surface area contributed by atoms with Gasteiger partial charge < -0.3 is 4.90 Å². The molecule has 0 saturated carbocycles. The van der Waals surface area contributed by atoms with Crippen molar-refractivity contribution in [2.45, 2.75) is 50.7 Å². The Bertz CT molecular complexity index is 1010. The molecule has 2 aromatic carbocycles. The van der Waals surface area contributed by atoms with E-state index in [1.807, 2.05) is 12.1 Å². The number of benzene rings is 2. The summed E-state index contributed by atoms with van der Waals surface area (Å²) in [6.07, 6.45) is 3.00. The number of carbonyl (C=O) groups is 3. The van der Waals surface area contributed by atoms with E-state index in [0.717, 1.165) is 38.0 Å². The Morgan fingerprint density at radius 1 is 0.935 bits per heavy atom. The van der Waals surface area contributed by atoms with Crippen LogP contribution in [0.4, 0.5) is 0 Å². The molecular weight excluding hydrogens is 390 g/mol. The van der Waals surface area contributed by atoms with Gasteiger partial charge in [-0.15, -0.1) is 0 Å². The van der Waals surface area contributed by atoms with Crippen LogP contribution >= 0.6 is 0 Å². The highest BCUT2D eigenvalue weighted by atomic mass is 16.2. The van der Waals surface area contributed by atoms with Crippen molar-refractivity contribution in [1.29, 1.82) is 0 Å². The van der Waals surface area contributed by atoms with Crippen molar-refractivity contribution >= 4 is 17.7 Å². The highest BCUT2D eigenvalue weighted by Gasteiger charge is 2.39. The maximum absolute atomic E-state index is 12.8. The second-order valence-electron chi connectivity index (χ2n) is 8.85. The molecule has 3 aliphatic heterocycles. The zero-order chi connectivity index (χ0) is 21.4. The van der Waals surface area contributed by atoms with Crippen molar-refractivity contribution in [3.63, 3.8) is 0 Å². The van der Waals surface area contributed by atoms with Gasteiger partial charge in [0.05, 0.1) is 0 Å². The Balaban J connectivity index is 1.22. The van der Waals surface area contributed by atoms with E-state index in [2.05, 4.69) is 46.6 Å². The van der Waals surface area contributed by atoms with Crippen molar-refractivity contribution in [2.24, 2.45) is 0 Å². The molecule has 6 heteroatoms. The molecule has 0 radical (unpaired) electrons. The minimum atomic E-state index is -0.557. The van der Waals surface area contributed by atoms with Crippen molar-refractivity contribution < 1.29 is 14.4 Å². The lowest BCUT2D eigenvalue weighted by molar-refractivity contribution is -0.136. The van der Waals surface area contributed by atoms with Crippen LogP contribution < -0.4 is 5.32 Å². The molecule has 3 heterocycles. The first-order chi connectivity index (χ1) is 15.1. The van der Waals surface area contributed by atoms with E-state index >= 15 is 0 Å². The van der Waals surface area contributed by atoms with Crippen LogP contribution in [-0.4, -0.2) is 46.7 Å². The Morgan fingerprint density at radius 3 is 2.45 bits per heavy atom. The molecule has 31 heavy (non-hydrogen) atoms. The average molecular weight is 418 g/mol. The summed E-state index contributed by atoms with van der Waals surface area (Å²) in [5.41, 5.74) is 4.30. The number of amides is 3. The maximum atomic E-state index is 12.8. The number of rotatable bonds is 4. The zero-order valence-electron chi connectivity index (χ0n) is 17.5. The third kappa shape index (κ3) is 4.00. The molecule has 3 aliphatic rings. The molecule has 3 amide bonds. The van der Waals surface area contributed by atoms with E-state index in [1.54, 1.807) is 4.90 Å². The van der Waals surface area contributed by atoms with Crippen LogP contribution in [0.25, 0.3) is 0 Å². The molecular formula is C25H27N3O3. The van der Waals surface area contributed by atoms with E-state index in [1.165, 1.54) is 11.1 Å². The van der Waals surface area contributed by atoms with Crippen LogP contribution in [0, 0.1) is 0 Å². The summed E-state index contributed by atoms with van der Waals surface area (Å²) in [7, 11) is 0. The molecule has 6 nitrogen and oxygen atoms in total. The van der Waals surface area contributed by atoms with Crippen LogP contribution in [0.2, 0.25) is 0 Å². The van der Waals surface area contributed by atoms with E-state index < -0.39 is 6.04 Å². The first-order valence-corrected chi connectivity index (χ1v) is 11.1. The first kappa shape index (κ1) is 19.9. The topological polar surface area (TPSA) is 69.7 Å². The monoisotopic (exact) mass is 417 g/mol. The second-order valence-corrected chi connectivity index (χ2v) is 8.85. The van der Waals surface area contributed by atoms with Gasteiger partial charge in [0.25, 0.3) is 5.91 Å². The van der Waals surface area contributed by atoms with Gasteiger partial charge in [-0.3, -0.25) is 24.6 Å². The summed E-state index contributed by atoms with van der Waals surface area (Å²) in [5, 5.41) is 2.36. The lowest BCUT2D eigenvalue weighted by Crippen LogP contribution is -2.52. The van der Waals surface area contributed by atoms with E-state index in [0.29, 0.717) is 24.4 Å². The molecule has 0 aromatic heterocycles. The Kier molecular flexibility index (Phi) is 5.32. The van der Waals surface area contributed by atoms with Gasteiger partial charge in [-0.05, 0) is 61.0 Å². The predicted octanol–water partition coefficient (Wildman–Crippen LogP) is 2.83. The van der Waals surface area contributed by atoms with Gasteiger partial charge in [0.15, 0.2) is 0 Å². The molecule has 1 unspecified atom stereocenters. The maximum Gasteiger partial charge on any atom is 0.255 e. The largest absolute Gasteiger partial charge is 0.322 e. The van der Waals surface area contributed by atoms with Crippen LogP contribution in [0.1, 0.15) is 58.6 Å². The van der Waals surface area contributed by atoms with Crippen LogP contribution in [0.15, 0.2) is 48.5 Å². The SMILES string of the molecule is O=C1CCC(N2Cc3cc(CN4CCC(c5ccccc5)CC4)ccc3C2=O)C(=O)N1. The molecule has 0 bridgehead atoms. The summed E-state index contributed by atoms with van der Waals surface area (Å²) in [6.45, 7) is 3.45. The summed E-state index contributed by atoms with van der Waals surface area (Å²) in [6, 6.07) is 16.2. The number of fused-ring (bicyclic) bond motifs is 1. The number of nitrogens with zero attached hydrogens (tertiary/aromatic N) is 2. The number of nitrogens with one attached hydrogen (secondary N) is 1. The Morgan fingerprint density at radius 2 is 1.71 bits per heavy atom. The molecule has 2 aromatic rings. The van der Waals surface area contributed by atoms with Gasteiger partial charge in [0.2, 0.25) is 11.8 Å². The highest BCUT2D eigenvalue weighted by molar-refractivity contribution is 6.05. The fourth-order valence-electron chi connectivity index (χ4n) is 5.13. The van der Waals surface area contributed by atoms with Gasteiger partial charge in [-0.25, -0.2) is 0 Å². The van der Waals surface area contributed by atoms with Crippen LogP contribution in [0.5, 0.6) is 0 Å². The lowest BCUT2D eigenvalue weighted by Gasteiger charge is -2.32. The fourth-order valence-corrected chi connectivity index (χ4v) is 5.13. The number of imide groups is 1. The highest BCUT2D eigenvalue weighted by Crippen LogP contribution is 2.31. The van der Waals surface area contributed by atoms with Gasteiger partial charge in [0.1, 0.15) is 6.04 Å². The average Bonchev–Trinajstić information content (AvgIpc) is 3.10.